The molecular weight excluding hydrogens is 298 g/mol. The smallest absolute Gasteiger partial charge is 0.333 e. The van der Waals surface area contributed by atoms with Crippen molar-refractivity contribution in [2.45, 2.75) is 19.4 Å². The average molecular weight is 312 g/mol. The largest absolute Gasteiger partial charge is 0.337 e. The van der Waals surface area contributed by atoms with Crippen molar-refractivity contribution < 1.29 is 13.6 Å². The van der Waals surface area contributed by atoms with Crippen molar-refractivity contribution >= 4 is 17.2 Å². The molecule has 0 unspecified atom stereocenters. The van der Waals surface area contributed by atoms with Crippen LogP contribution in [0.25, 0.3) is 0 Å². The van der Waals surface area contributed by atoms with Crippen LogP contribution < -0.4 is 0 Å². The van der Waals surface area contributed by atoms with E-state index in [2.05, 4.69) is 10.1 Å². The number of likely N-dealkylation sites (tertiary alicyclic amines) is 1. The maximum Gasteiger partial charge on any atom is 0.333 e. The first-order chi connectivity index (χ1) is 10.1. The van der Waals surface area contributed by atoms with E-state index < -0.39 is 6.55 Å². The molecule has 0 aliphatic carbocycles. The van der Waals surface area contributed by atoms with Crippen molar-refractivity contribution in [2.24, 2.45) is 5.92 Å². The van der Waals surface area contributed by atoms with Crippen LogP contribution in [0.3, 0.4) is 0 Å². The van der Waals surface area contributed by atoms with Crippen LogP contribution in [0.1, 0.15) is 28.5 Å². The highest BCUT2D eigenvalue weighted by atomic mass is 32.1. The molecule has 1 saturated heterocycles. The van der Waals surface area contributed by atoms with E-state index in [4.69, 9.17) is 0 Å². The number of carbonyl (C=O) groups excluding carboxylic acids is 1. The number of rotatable bonds is 4. The lowest BCUT2D eigenvalue weighted by Crippen LogP contribution is -2.29. The van der Waals surface area contributed by atoms with Gasteiger partial charge in [0.05, 0.1) is 5.01 Å². The lowest BCUT2D eigenvalue weighted by molar-refractivity contribution is 0.0553. The van der Waals surface area contributed by atoms with Gasteiger partial charge in [-0.2, -0.15) is 13.9 Å². The van der Waals surface area contributed by atoms with E-state index >= 15 is 0 Å². The molecule has 0 N–H and O–H groups in total. The van der Waals surface area contributed by atoms with E-state index in [1.165, 1.54) is 6.07 Å². The highest BCUT2D eigenvalue weighted by Crippen LogP contribution is 2.23. The summed E-state index contributed by atoms with van der Waals surface area (Å²) in [4.78, 5) is 18.1. The first kappa shape index (κ1) is 14.1. The number of carbonyl (C=O) groups is 1. The summed E-state index contributed by atoms with van der Waals surface area (Å²) in [6.45, 7) is -1.46. The molecule has 0 radical (unpaired) electrons. The van der Waals surface area contributed by atoms with Gasteiger partial charge >= 0.3 is 6.55 Å². The lowest BCUT2D eigenvalue weighted by Gasteiger charge is -2.14. The molecule has 0 aromatic carbocycles. The molecule has 112 valence electrons. The monoisotopic (exact) mass is 312 g/mol. The molecule has 1 amide bonds. The van der Waals surface area contributed by atoms with Crippen LogP contribution in [0.4, 0.5) is 8.78 Å². The molecule has 2 aromatic heterocycles. The first-order valence-corrected chi connectivity index (χ1v) is 7.52. The van der Waals surface area contributed by atoms with Crippen LogP contribution in [-0.2, 0) is 6.42 Å². The zero-order valence-electron chi connectivity index (χ0n) is 11.2. The van der Waals surface area contributed by atoms with Crippen molar-refractivity contribution in [1.82, 2.24) is 19.7 Å². The second kappa shape index (κ2) is 5.88. The van der Waals surface area contributed by atoms with Crippen molar-refractivity contribution in [3.63, 3.8) is 0 Å². The van der Waals surface area contributed by atoms with Gasteiger partial charge in [0.25, 0.3) is 5.91 Å². The maximum atomic E-state index is 12.5. The molecule has 5 nitrogen and oxygen atoms in total. The van der Waals surface area contributed by atoms with Gasteiger partial charge in [-0.3, -0.25) is 4.79 Å². The number of thiazole rings is 1. The van der Waals surface area contributed by atoms with Crippen molar-refractivity contribution in [1.29, 1.82) is 0 Å². The normalized spacial score (nSPS) is 18.6. The fourth-order valence-electron chi connectivity index (χ4n) is 2.51. The van der Waals surface area contributed by atoms with Crippen LogP contribution in [0.2, 0.25) is 0 Å². The van der Waals surface area contributed by atoms with Gasteiger partial charge in [-0.15, -0.1) is 11.3 Å². The summed E-state index contributed by atoms with van der Waals surface area (Å²) in [5.41, 5.74) is 0.0743. The third-order valence-electron chi connectivity index (χ3n) is 3.55. The predicted octanol–water partition coefficient (Wildman–Crippen LogP) is 2.44. The molecule has 1 aliphatic rings. The van der Waals surface area contributed by atoms with Crippen LogP contribution in [0.5, 0.6) is 0 Å². The fourth-order valence-corrected chi connectivity index (χ4v) is 3.24. The van der Waals surface area contributed by atoms with Crippen LogP contribution in [-0.4, -0.2) is 38.7 Å². The Labute approximate surface area is 124 Å². The quantitative estimate of drug-likeness (QED) is 0.871. The van der Waals surface area contributed by atoms with Crippen LogP contribution in [0.15, 0.2) is 23.8 Å². The number of nitrogens with zero attached hydrogens (tertiary/aromatic N) is 4. The zero-order chi connectivity index (χ0) is 14.8. The van der Waals surface area contributed by atoms with Crippen LogP contribution >= 0.6 is 11.3 Å². The second-order valence-electron chi connectivity index (χ2n) is 4.99. The highest BCUT2D eigenvalue weighted by molar-refractivity contribution is 7.09. The lowest BCUT2D eigenvalue weighted by atomic mass is 10.1. The third kappa shape index (κ3) is 3.10. The molecule has 8 heteroatoms. The molecular formula is C13H14F2N4OS. The SMILES string of the molecule is O=C(c1ccn(C(F)F)n1)N1CC[C@@H](Cc2nccs2)C1. The highest BCUT2D eigenvalue weighted by Gasteiger charge is 2.29. The molecule has 0 bridgehead atoms. The van der Waals surface area contributed by atoms with E-state index in [0.717, 1.165) is 24.0 Å². The summed E-state index contributed by atoms with van der Waals surface area (Å²) < 4.78 is 25.4. The molecule has 1 aliphatic heterocycles. The van der Waals surface area contributed by atoms with Gasteiger partial charge in [-0.05, 0) is 18.4 Å². The van der Waals surface area contributed by atoms with Gasteiger partial charge in [0.1, 0.15) is 0 Å². The van der Waals surface area contributed by atoms with Gasteiger partial charge < -0.3 is 4.90 Å². The van der Waals surface area contributed by atoms with Crippen molar-refractivity contribution in [3.8, 4) is 0 Å². The van der Waals surface area contributed by atoms with E-state index in [1.54, 1.807) is 22.4 Å². The topological polar surface area (TPSA) is 51.0 Å². The van der Waals surface area contributed by atoms with Crippen molar-refractivity contribution in [3.05, 3.63) is 34.5 Å². The molecule has 3 rings (SSSR count). The summed E-state index contributed by atoms with van der Waals surface area (Å²) in [6, 6.07) is 1.34. The summed E-state index contributed by atoms with van der Waals surface area (Å²) in [5, 5.41) is 6.62. The predicted molar refractivity (Wildman–Crippen MR) is 73.3 cm³/mol. The van der Waals surface area contributed by atoms with E-state index in [0.29, 0.717) is 23.7 Å². The Kier molecular flexibility index (Phi) is 3.96. The number of alkyl halides is 2. The Morgan fingerprint density at radius 3 is 3.05 bits per heavy atom. The number of hydrogen-bond donors (Lipinski definition) is 0. The molecule has 3 heterocycles. The minimum atomic E-state index is -2.72. The van der Waals surface area contributed by atoms with E-state index in [9.17, 15) is 13.6 Å². The Morgan fingerprint density at radius 2 is 2.38 bits per heavy atom. The third-order valence-corrected chi connectivity index (χ3v) is 4.35. The van der Waals surface area contributed by atoms with Gasteiger partial charge in [0, 0.05) is 37.3 Å². The number of amides is 1. The Hall–Kier alpha value is -1.83. The summed E-state index contributed by atoms with van der Waals surface area (Å²) in [7, 11) is 0. The van der Waals surface area contributed by atoms with Gasteiger partial charge in [-0.25, -0.2) is 9.67 Å². The number of aromatic nitrogens is 3. The standard InChI is InChI=1S/C13H14F2N4OS/c14-13(15)19-5-2-10(17-19)12(20)18-4-1-9(8-18)7-11-16-3-6-21-11/h2-3,5-6,9,13H,1,4,7-8H2/t9-/m0/s1. The molecule has 2 aromatic rings. The summed E-state index contributed by atoms with van der Waals surface area (Å²) >= 11 is 1.61. The minimum absolute atomic E-state index is 0.0743. The molecule has 1 atom stereocenters. The minimum Gasteiger partial charge on any atom is -0.337 e. The Bertz CT molecular complexity index is 613. The van der Waals surface area contributed by atoms with Gasteiger partial charge in [0.2, 0.25) is 0 Å². The number of halogens is 2. The molecule has 1 fully saturated rings. The van der Waals surface area contributed by atoms with Crippen molar-refractivity contribution in [2.75, 3.05) is 13.1 Å². The summed E-state index contributed by atoms with van der Waals surface area (Å²) in [5.74, 6) is 0.0910. The number of hydrogen-bond acceptors (Lipinski definition) is 4. The van der Waals surface area contributed by atoms with E-state index in [-0.39, 0.29) is 11.6 Å². The Balaban J connectivity index is 1.61. The summed E-state index contributed by atoms with van der Waals surface area (Å²) in [6.07, 6.45) is 4.66. The molecule has 0 saturated carbocycles. The Morgan fingerprint density at radius 1 is 1.52 bits per heavy atom. The van der Waals surface area contributed by atoms with Gasteiger partial charge in [0.15, 0.2) is 5.69 Å². The van der Waals surface area contributed by atoms with Gasteiger partial charge in [-0.1, -0.05) is 0 Å². The van der Waals surface area contributed by atoms with Crippen LogP contribution in [0, 0.1) is 5.92 Å². The maximum absolute atomic E-state index is 12.5. The fraction of sp³-hybridized carbons (Fsp3) is 0.462. The average Bonchev–Trinajstić information content (AvgIpc) is 3.20. The zero-order valence-corrected chi connectivity index (χ0v) is 12.0. The first-order valence-electron chi connectivity index (χ1n) is 6.64. The molecule has 0 spiro atoms. The molecule has 21 heavy (non-hydrogen) atoms. The van der Waals surface area contributed by atoms with E-state index in [1.807, 2.05) is 5.38 Å². The second-order valence-corrected chi connectivity index (χ2v) is 5.97.